The van der Waals surface area contributed by atoms with Gasteiger partial charge in [0.2, 0.25) is 0 Å². The maximum Gasteiger partial charge on any atom is 0.155 e. The topological polar surface area (TPSA) is 17.1 Å². The van der Waals surface area contributed by atoms with E-state index in [2.05, 4.69) is 6.92 Å². The molecule has 62 valence electrons. The Labute approximate surface area is 68.5 Å². The van der Waals surface area contributed by atoms with Crippen LogP contribution in [0.25, 0.3) is 0 Å². The largest absolute Gasteiger partial charge is 0.295 e. The summed E-state index contributed by atoms with van der Waals surface area (Å²) < 4.78 is 0. The van der Waals surface area contributed by atoms with Gasteiger partial charge in [0.05, 0.1) is 0 Å². The lowest BCUT2D eigenvalue weighted by Gasteiger charge is -1.95. The first-order valence-electron chi connectivity index (χ1n) is 4.45. The van der Waals surface area contributed by atoms with E-state index in [0.29, 0.717) is 12.2 Å². The summed E-state index contributed by atoms with van der Waals surface area (Å²) in [5.74, 6) is 1.05. The van der Waals surface area contributed by atoms with E-state index < -0.39 is 0 Å². The molecule has 0 bridgehead atoms. The van der Waals surface area contributed by atoms with E-state index in [0.717, 1.165) is 12.3 Å². The standard InChI is InChI=1S/C10H16O/c1-3-4-10(11)7-8(2)9-5-6-9/h7,9H,3-6H2,1-2H3/b8-7+. The Morgan fingerprint density at radius 3 is 2.64 bits per heavy atom. The van der Waals surface area contributed by atoms with Gasteiger partial charge in [0.15, 0.2) is 5.78 Å². The molecule has 0 amide bonds. The Hall–Kier alpha value is -0.590. The maximum absolute atomic E-state index is 11.1. The lowest BCUT2D eigenvalue weighted by atomic mass is 10.1. The van der Waals surface area contributed by atoms with Gasteiger partial charge in [-0.25, -0.2) is 0 Å². The molecule has 1 rings (SSSR count). The van der Waals surface area contributed by atoms with Crippen LogP contribution in [0.3, 0.4) is 0 Å². The molecule has 0 spiro atoms. The highest BCUT2D eigenvalue weighted by atomic mass is 16.1. The Morgan fingerprint density at radius 1 is 1.55 bits per heavy atom. The first kappa shape index (κ1) is 8.51. The van der Waals surface area contributed by atoms with Crippen LogP contribution in [0.1, 0.15) is 39.5 Å². The third-order valence-corrected chi connectivity index (χ3v) is 2.11. The van der Waals surface area contributed by atoms with E-state index in [9.17, 15) is 4.79 Å². The number of hydrogen-bond acceptors (Lipinski definition) is 1. The molecule has 0 aliphatic heterocycles. The van der Waals surface area contributed by atoms with Gasteiger partial charge in [-0.2, -0.15) is 0 Å². The van der Waals surface area contributed by atoms with E-state index in [-0.39, 0.29) is 0 Å². The molecule has 0 aromatic heterocycles. The van der Waals surface area contributed by atoms with Gasteiger partial charge in [-0.1, -0.05) is 12.5 Å². The van der Waals surface area contributed by atoms with Crippen LogP contribution in [0, 0.1) is 5.92 Å². The molecule has 0 saturated heterocycles. The maximum atomic E-state index is 11.1. The van der Waals surface area contributed by atoms with Crippen LogP contribution >= 0.6 is 0 Å². The van der Waals surface area contributed by atoms with E-state index in [1.807, 2.05) is 13.0 Å². The summed E-state index contributed by atoms with van der Waals surface area (Å²) in [5, 5.41) is 0. The molecule has 1 nitrogen and oxygen atoms in total. The van der Waals surface area contributed by atoms with Gasteiger partial charge in [0.1, 0.15) is 0 Å². The summed E-state index contributed by atoms with van der Waals surface area (Å²) in [4.78, 5) is 11.1. The normalized spacial score (nSPS) is 18.5. The minimum atomic E-state index is 0.303. The second-order valence-electron chi connectivity index (χ2n) is 3.38. The van der Waals surface area contributed by atoms with Crippen molar-refractivity contribution >= 4 is 5.78 Å². The summed E-state index contributed by atoms with van der Waals surface area (Å²) in [6, 6.07) is 0. The smallest absolute Gasteiger partial charge is 0.155 e. The molecular formula is C10H16O. The first-order chi connectivity index (χ1) is 5.24. The van der Waals surface area contributed by atoms with Crippen molar-refractivity contribution < 1.29 is 4.79 Å². The van der Waals surface area contributed by atoms with Crippen molar-refractivity contribution in [1.29, 1.82) is 0 Å². The zero-order valence-corrected chi connectivity index (χ0v) is 7.39. The Kier molecular flexibility index (Phi) is 2.86. The van der Waals surface area contributed by atoms with Crippen LogP contribution in [-0.2, 0) is 4.79 Å². The van der Waals surface area contributed by atoms with Gasteiger partial charge in [-0.3, -0.25) is 4.79 Å². The Morgan fingerprint density at radius 2 is 2.18 bits per heavy atom. The zero-order chi connectivity index (χ0) is 8.27. The SMILES string of the molecule is CCCC(=O)/C=C(\C)C1CC1. The summed E-state index contributed by atoms with van der Waals surface area (Å²) in [7, 11) is 0. The Balaban J connectivity index is 2.35. The average molecular weight is 152 g/mol. The second-order valence-corrected chi connectivity index (χ2v) is 3.38. The third-order valence-electron chi connectivity index (χ3n) is 2.11. The predicted octanol–water partition coefficient (Wildman–Crippen LogP) is 2.71. The zero-order valence-electron chi connectivity index (χ0n) is 7.39. The number of carbonyl (C=O) groups excluding carboxylic acids is 1. The Bertz CT molecular complexity index is 175. The van der Waals surface area contributed by atoms with Gasteiger partial charge in [0.25, 0.3) is 0 Å². The molecule has 0 radical (unpaired) electrons. The van der Waals surface area contributed by atoms with Crippen molar-refractivity contribution in [3.8, 4) is 0 Å². The molecular weight excluding hydrogens is 136 g/mol. The predicted molar refractivity (Wildman–Crippen MR) is 46.4 cm³/mol. The number of ketones is 1. The van der Waals surface area contributed by atoms with Crippen LogP contribution in [-0.4, -0.2) is 5.78 Å². The number of rotatable bonds is 4. The molecule has 0 atom stereocenters. The third kappa shape index (κ3) is 2.87. The van der Waals surface area contributed by atoms with Crippen molar-refractivity contribution in [3.63, 3.8) is 0 Å². The van der Waals surface area contributed by atoms with E-state index >= 15 is 0 Å². The summed E-state index contributed by atoms with van der Waals surface area (Å²) in [6.07, 6.45) is 6.10. The molecule has 0 aromatic carbocycles. The molecule has 0 aromatic rings. The van der Waals surface area contributed by atoms with Gasteiger partial charge >= 0.3 is 0 Å². The van der Waals surface area contributed by atoms with Crippen LogP contribution < -0.4 is 0 Å². The van der Waals surface area contributed by atoms with Crippen molar-refractivity contribution in [2.45, 2.75) is 39.5 Å². The monoisotopic (exact) mass is 152 g/mol. The lowest BCUT2D eigenvalue weighted by molar-refractivity contribution is -0.114. The highest BCUT2D eigenvalue weighted by Crippen LogP contribution is 2.35. The van der Waals surface area contributed by atoms with Crippen molar-refractivity contribution in [1.82, 2.24) is 0 Å². The molecule has 1 aliphatic carbocycles. The van der Waals surface area contributed by atoms with Crippen LogP contribution in [0.5, 0.6) is 0 Å². The molecule has 1 saturated carbocycles. The molecule has 1 heteroatoms. The van der Waals surface area contributed by atoms with Crippen LogP contribution in [0.4, 0.5) is 0 Å². The highest BCUT2D eigenvalue weighted by Gasteiger charge is 2.23. The fourth-order valence-corrected chi connectivity index (χ4v) is 1.23. The number of carbonyl (C=O) groups is 1. The average Bonchev–Trinajstić information content (AvgIpc) is 2.67. The van der Waals surface area contributed by atoms with Gasteiger partial charge in [-0.05, 0) is 38.2 Å². The fourth-order valence-electron chi connectivity index (χ4n) is 1.23. The quantitative estimate of drug-likeness (QED) is 0.566. The molecule has 11 heavy (non-hydrogen) atoms. The molecule has 0 heterocycles. The molecule has 1 fully saturated rings. The highest BCUT2D eigenvalue weighted by molar-refractivity contribution is 5.90. The molecule has 0 unspecified atom stereocenters. The van der Waals surface area contributed by atoms with E-state index in [4.69, 9.17) is 0 Å². The first-order valence-corrected chi connectivity index (χ1v) is 4.45. The fraction of sp³-hybridized carbons (Fsp3) is 0.700. The summed E-state index contributed by atoms with van der Waals surface area (Å²) >= 11 is 0. The number of allylic oxidation sites excluding steroid dienone is 2. The van der Waals surface area contributed by atoms with E-state index in [1.54, 1.807) is 0 Å². The van der Waals surface area contributed by atoms with Crippen LogP contribution in [0.2, 0.25) is 0 Å². The summed E-state index contributed by atoms with van der Waals surface area (Å²) in [5.41, 5.74) is 1.29. The molecule has 1 aliphatic rings. The van der Waals surface area contributed by atoms with E-state index in [1.165, 1.54) is 18.4 Å². The van der Waals surface area contributed by atoms with Gasteiger partial charge in [-0.15, -0.1) is 0 Å². The van der Waals surface area contributed by atoms with Crippen LogP contribution in [0.15, 0.2) is 11.6 Å². The second kappa shape index (κ2) is 3.70. The summed E-state index contributed by atoms with van der Waals surface area (Å²) in [6.45, 7) is 4.11. The van der Waals surface area contributed by atoms with Crippen molar-refractivity contribution in [2.75, 3.05) is 0 Å². The van der Waals surface area contributed by atoms with Gasteiger partial charge < -0.3 is 0 Å². The molecule has 0 N–H and O–H groups in total. The number of hydrogen-bond donors (Lipinski definition) is 0. The lowest BCUT2D eigenvalue weighted by Crippen LogP contribution is -1.93. The minimum absolute atomic E-state index is 0.303. The minimum Gasteiger partial charge on any atom is -0.295 e. The van der Waals surface area contributed by atoms with Crippen molar-refractivity contribution in [3.05, 3.63) is 11.6 Å². The van der Waals surface area contributed by atoms with Gasteiger partial charge in [0, 0.05) is 6.42 Å². The van der Waals surface area contributed by atoms with Crippen molar-refractivity contribution in [2.24, 2.45) is 5.92 Å².